The first-order valence-corrected chi connectivity index (χ1v) is 7.83. The van der Waals surface area contributed by atoms with Crippen LogP contribution in [-0.4, -0.2) is 11.7 Å². The molecule has 0 fully saturated rings. The highest BCUT2D eigenvalue weighted by atomic mass is 79.9. The lowest BCUT2D eigenvalue weighted by Gasteiger charge is -2.15. The van der Waals surface area contributed by atoms with Gasteiger partial charge in [0, 0.05) is 17.1 Å². The van der Waals surface area contributed by atoms with E-state index >= 15 is 0 Å². The molecule has 112 valence electrons. The number of benzene rings is 2. The Balaban J connectivity index is 1.99. The van der Waals surface area contributed by atoms with Crippen LogP contribution in [0.5, 0.6) is 11.5 Å². The maximum Gasteiger partial charge on any atom is 0.161 e. The number of halogens is 1. The maximum atomic E-state index is 9.70. The predicted molar refractivity (Wildman–Crippen MR) is 88.7 cm³/mol. The summed E-state index contributed by atoms with van der Waals surface area (Å²) in [6.07, 6.45) is 0. The van der Waals surface area contributed by atoms with Gasteiger partial charge < -0.3 is 15.2 Å². The zero-order valence-corrected chi connectivity index (χ0v) is 13.9. The fraction of sp³-hybridized carbons (Fsp3) is 0.294. The largest absolute Gasteiger partial charge is 0.504 e. The van der Waals surface area contributed by atoms with Gasteiger partial charge in [0.2, 0.25) is 0 Å². The highest BCUT2D eigenvalue weighted by Gasteiger charge is 2.07. The van der Waals surface area contributed by atoms with Gasteiger partial charge in [-0.3, -0.25) is 0 Å². The van der Waals surface area contributed by atoms with Crippen molar-refractivity contribution in [3.8, 4) is 11.5 Å². The van der Waals surface area contributed by atoms with Crippen molar-refractivity contribution in [1.29, 1.82) is 0 Å². The standard InChI is InChI=1S/C17H20BrNO2/c1-3-21-17-10-13(4-9-16(17)20)11-19-12(2)14-5-7-15(18)8-6-14/h4-10,12,19-20H,3,11H2,1-2H3/t12-/m0/s1. The van der Waals surface area contributed by atoms with Gasteiger partial charge in [-0.1, -0.05) is 34.1 Å². The van der Waals surface area contributed by atoms with Crippen LogP contribution >= 0.6 is 15.9 Å². The second-order valence-corrected chi connectivity index (χ2v) is 5.80. The fourth-order valence-electron chi connectivity index (χ4n) is 2.08. The number of rotatable bonds is 6. The second kappa shape index (κ2) is 7.48. The monoisotopic (exact) mass is 349 g/mol. The molecule has 2 aromatic carbocycles. The fourth-order valence-corrected chi connectivity index (χ4v) is 2.34. The first kappa shape index (κ1) is 15.9. The third-order valence-electron chi connectivity index (χ3n) is 3.31. The average Bonchev–Trinajstić information content (AvgIpc) is 2.48. The molecule has 0 spiro atoms. The van der Waals surface area contributed by atoms with E-state index in [0.717, 1.165) is 16.6 Å². The summed E-state index contributed by atoms with van der Waals surface area (Å²) in [5.74, 6) is 0.717. The molecule has 21 heavy (non-hydrogen) atoms. The van der Waals surface area contributed by atoms with Crippen molar-refractivity contribution in [3.05, 3.63) is 58.1 Å². The van der Waals surface area contributed by atoms with Crippen LogP contribution in [0.25, 0.3) is 0 Å². The minimum atomic E-state index is 0.182. The lowest BCUT2D eigenvalue weighted by molar-refractivity contribution is 0.317. The molecule has 3 nitrogen and oxygen atoms in total. The molecule has 0 amide bonds. The summed E-state index contributed by atoms with van der Waals surface area (Å²) in [7, 11) is 0. The van der Waals surface area contributed by atoms with Gasteiger partial charge in [-0.25, -0.2) is 0 Å². The number of ether oxygens (including phenoxy) is 1. The van der Waals surface area contributed by atoms with Gasteiger partial charge >= 0.3 is 0 Å². The smallest absolute Gasteiger partial charge is 0.161 e. The molecule has 0 aliphatic carbocycles. The first-order chi connectivity index (χ1) is 10.1. The van der Waals surface area contributed by atoms with Crippen LogP contribution in [0, 0.1) is 0 Å². The molecule has 0 heterocycles. The maximum absolute atomic E-state index is 9.70. The Hall–Kier alpha value is -1.52. The molecule has 0 radical (unpaired) electrons. The third-order valence-corrected chi connectivity index (χ3v) is 3.84. The summed E-state index contributed by atoms with van der Waals surface area (Å²) in [4.78, 5) is 0. The summed E-state index contributed by atoms with van der Waals surface area (Å²) in [5, 5.41) is 13.2. The van der Waals surface area contributed by atoms with Crippen molar-refractivity contribution in [3.63, 3.8) is 0 Å². The van der Waals surface area contributed by atoms with E-state index in [1.165, 1.54) is 5.56 Å². The van der Waals surface area contributed by atoms with Crippen molar-refractivity contribution >= 4 is 15.9 Å². The topological polar surface area (TPSA) is 41.5 Å². The van der Waals surface area contributed by atoms with Gasteiger partial charge in [0.15, 0.2) is 11.5 Å². The van der Waals surface area contributed by atoms with E-state index in [4.69, 9.17) is 4.74 Å². The van der Waals surface area contributed by atoms with E-state index in [-0.39, 0.29) is 11.8 Å². The molecule has 2 rings (SSSR count). The summed E-state index contributed by atoms with van der Waals surface area (Å²) in [6, 6.07) is 14.0. The molecule has 2 aromatic rings. The molecule has 4 heteroatoms. The van der Waals surface area contributed by atoms with E-state index in [9.17, 15) is 5.11 Å². The summed E-state index contributed by atoms with van der Waals surface area (Å²) >= 11 is 3.44. The molecule has 0 saturated carbocycles. The Morgan fingerprint density at radius 3 is 2.57 bits per heavy atom. The zero-order chi connectivity index (χ0) is 15.2. The lowest BCUT2D eigenvalue weighted by atomic mass is 10.1. The Labute approximate surface area is 134 Å². The van der Waals surface area contributed by atoms with Crippen molar-refractivity contribution in [2.75, 3.05) is 6.61 Å². The van der Waals surface area contributed by atoms with Gasteiger partial charge in [0.1, 0.15) is 0 Å². The molecule has 2 N–H and O–H groups in total. The minimum absolute atomic E-state index is 0.182. The van der Waals surface area contributed by atoms with Gasteiger partial charge in [-0.05, 0) is 49.2 Å². The number of hydrogen-bond acceptors (Lipinski definition) is 3. The van der Waals surface area contributed by atoms with Gasteiger partial charge in [-0.2, -0.15) is 0 Å². The SMILES string of the molecule is CCOc1cc(CN[C@@H](C)c2ccc(Br)cc2)ccc1O. The number of phenols is 1. The Bertz CT molecular complexity index is 584. The molecule has 1 atom stereocenters. The quantitative estimate of drug-likeness (QED) is 0.811. The normalized spacial score (nSPS) is 12.1. The molecule has 0 aliphatic heterocycles. The number of nitrogens with one attached hydrogen (secondary N) is 1. The van der Waals surface area contributed by atoms with E-state index < -0.39 is 0 Å². The molecule has 0 saturated heterocycles. The first-order valence-electron chi connectivity index (χ1n) is 7.03. The number of phenolic OH excluding ortho intramolecular Hbond substituents is 1. The molecule has 0 bridgehead atoms. The van der Waals surface area contributed by atoms with E-state index in [0.29, 0.717) is 12.4 Å². The van der Waals surface area contributed by atoms with Gasteiger partial charge in [-0.15, -0.1) is 0 Å². The lowest BCUT2D eigenvalue weighted by Crippen LogP contribution is -2.18. The summed E-state index contributed by atoms with van der Waals surface area (Å²) < 4.78 is 6.48. The number of aromatic hydroxyl groups is 1. The van der Waals surface area contributed by atoms with Crippen molar-refractivity contribution in [2.24, 2.45) is 0 Å². The molecule has 0 aliphatic rings. The van der Waals surface area contributed by atoms with Crippen LogP contribution in [0.1, 0.15) is 31.0 Å². The van der Waals surface area contributed by atoms with Crippen molar-refractivity contribution in [2.45, 2.75) is 26.4 Å². The van der Waals surface area contributed by atoms with Crippen molar-refractivity contribution in [1.82, 2.24) is 5.32 Å². The number of hydrogen-bond donors (Lipinski definition) is 2. The van der Waals surface area contributed by atoms with Crippen LogP contribution in [0.2, 0.25) is 0 Å². The molecular formula is C17H20BrNO2. The highest BCUT2D eigenvalue weighted by Crippen LogP contribution is 2.27. The Morgan fingerprint density at radius 1 is 1.19 bits per heavy atom. The van der Waals surface area contributed by atoms with E-state index in [2.05, 4.69) is 40.3 Å². The molecule has 0 aromatic heterocycles. The van der Waals surface area contributed by atoms with Crippen LogP contribution in [0.3, 0.4) is 0 Å². The van der Waals surface area contributed by atoms with Crippen LogP contribution in [-0.2, 0) is 6.54 Å². The van der Waals surface area contributed by atoms with Crippen molar-refractivity contribution < 1.29 is 9.84 Å². The van der Waals surface area contributed by atoms with Gasteiger partial charge in [0.25, 0.3) is 0 Å². The minimum Gasteiger partial charge on any atom is -0.504 e. The third kappa shape index (κ3) is 4.48. The Kier molecular flexibility index (Phi) is 5.65. The molecule has 0 unspecified atom stereocenters. The van der Waals surface area contributed by atoms with E-state index in [1.54, 1.807) is 6.07 Å². The zero-order valence-electron chi connectivity index (χ0n) is 12.3. The second-order valence-electron chi connectivity index (χ2n) is 4.89. The summed E-state index contributed by atoms with van der Waals surface area (Å²) in [5.41, 5.74) is 2.32. The Morgan fingerprint density at radius 2 is 1.90 bits per heavy atom. The van der Waals surface area contributed by atoms with Crippen LogP contribution in [0.4, 0.5) is 0 Å². The van der Waals surface area contributed by atoms with Crippen LogP contribution in [0.15, 0.2) is 46.9 Å². The van der Waals surface area contributed by atoms with Gasteiger partial charge in [0.05, 0.1) is 6.61 Å². The summed E-state index contributed by atoms with van der Waals surface area (Å²) in [6.45, 7) is 5.30. The van der Waals surface area contributed by atoms with Crippen LogP contribution < -0.4 is 10.1 Å². The average molecular weight is 350 g/mol. The predicted octanol–water partition coefficient (Wildman–Crippen LogP) is 4.40. The highest BCUT2D eigenvalue weighted by molar-refractivity contribution is 9.10. The molecular weight excluding hydrogens is 330 g/mol. The van der Waals surface area contributed by atoms with E-state index in [1.807, 2.05) is 31.2 Å².